The number of carboxylic acid groups (broad SMARTS) is 1. The van der Waals surface area contributed by atoms with Gasteiger partial charge < -0.3 is 16.2 Å². The minimum absolute atomic E-state index is 0.247. The number of nitrogens with two attached hydrogens (primary N) is 1. The van der Waals surface area contributed by atoms with E-state index in [0.717, 1.165) is 17.9 Å². The summed E-state index contributed by atoms with van der Waals surface area (Å²) in [7, 11) is 0. The number of hydrogen-bond donors (Lipinski definition) is 3. The quantitative estimate of drug-likeness (QED) is 0.701. The van der Waals surface area contributed by atoms with Crippen LogP contribution in [0.1, 0.15) is 16.8 Å². The van der Waals surface area contributed by atoms with Crippen molar-refractivity contribution in [3.05, 3.63) is 23.8 Å². The SMILES string of the molecule is Nc1ccc(NC2CCSC2)c(C(=O)O)c1. The van der Waals surface area contributed by atoms with Gasteiger partial charge in [-0.2, -0.15) is 11.8 Å². The van der Waals surface area contributed by atoms with Crippen molar-refractivity contribution < 1.29 is 9.90 Å². The first-order valence-corrected chi connectivity index (χ1v) is 6.29. The molecule has 1 saturated heterocycles. The van der Waals surface area contributed by atoms with E-state index in [0.29, 0.717) is 17.4 Å². The molecule has 1 heterocycles. The van der Waals surface area contributed by atoms with Gasteiger partial charge in [0.05, 0.1) is 5.56 Å². The molecule has 5 heteroatoms. The number of rotatable bonds is 3. The Labute approximate surface area is 98.2 Å². The van der Waals surface area contributed by atoms with Crippen molar-refractivity contribution in [3.8, 4) is 0 Å². The van der Waals surface area contributed by atoms with Gasteiger partial charge in [-0.1, -0.05) is 0 Å². The standard InChI is InChI=1S/C11H14N2O2S/c12-7-1-2-10(9(5-7)11(14)15)13-8-3-4-16-6-8/h1-2,5,8,13H,3-4,6,12H2,(H,14,15). The average molecular weight is 238 g/mol. The Bertz CT molecular complexity index is 403. The van der Waals surface area contributed by atoms with E-state index in [4.69, 9.17) is 10.8 Å². The molecule has 4 nitrogen and oxygen atoms in total. The molecule has 86 valence electrons. The smallest absolute Gasteiger partial charge is 0.337 e. The third-order valence-corrected chi connectivity index (χ3v) is 3.73. The number of hydrogen-bond acceptors (Lipinski definition) is 4. The molecule has 0 amide bonds. The Kier molecular flexibility index (Phi) is 3.24. The molecule has 0 aromatic heterocycles. The molecule has 0 saturated carbocycles. The molecule has 1 fully saturated rings. The number of carboxylic acids is 1. The summed E-state index contributed by atoms with van der Waals surface area (Å²) in [6.45, 7) is 0. The predicted molar refractivity (Wildman–Crippen MR) is 67.2 cm³/mol. The minimum Gasteiger partial charge on any atom is -0.478 e. The van der Waals surface area contributed by atoms with Crippen LogP contribution in [0.2, 0.25) is 0 Å². The lowest BCUT2D eigenvalue weighted by molar-refractivity contribution is 0.0698. The fourth-order valence-electron chi connectivity index (χ4n) is 1.73. The van der Waals surface area contributed by atoms with Gasteiger partial charge >= 0.3 is 5.97 Å². The summed E-state index contributed by atoms with van der Waals surface area (Å²) in [5.41, 5.74) is 6.96. The van der Waals surface area contributed by atoms with Crippen LogP contribution in [-0.4, -0.2) is 28.6 Å². The highest BCUT2D eigenvalue weighted by molar-refractivity contribution is 7.99. The number of thioether (sulfide) groups is 1. The minimum atomic E-state index is -0.944. The summed E-state index contributed by atoms with van der Waals surface area (Å²) in [5, 5.41) is 12.3. The molecule has 1 aromatic rings. The second-order valence-electron chi connectivity index (χ2n) is 3.82. The van der Waals surface area contributed by atoms with Crippen LogP contribution in [0.3, 0.4) is 0 Å². The van der Waals surface area contributed by atoms with E-state index < -0.39 is 5.97 Å². The van der Waals surface area contributed by atoms with E-state index in [1.807, 2.05) is 11.8 Å². The van der Waals surface area contributed by atoms with Crippen LogP contribution < -0.4 is 11.1 Å². The van der Waals surface area contributed by atoms with E-state index >= 15 is 0 Å². The number of nitrogens with one attached hydrogen (secondary N) is 1. The van der Waals surface area contributed by atoms with Crippen molar-refractivity contribution in [2.45, 2.75) is 12.5 Å². The first-order chi connectivity index (χ1) is 7.66. The predicted octanol–water partition coefficient (Wildman–Crippen LogP) is 1.88. The Morgan fingerprint density at radius 2 is 2.38 bits per heavy atom. The Hall–Kier alpha value is -1.36. The fourth-order valence-corrected chi connectivity index (χ4v) is 2.89. The van der Waals surface area contributed by atoms with Crippen LogP contribution in [-0.2, 0) is 0 Å². The zero-order valence-corrected chi connectivity index (χ0v) is 9.59. The van der Waals surface area contributed by atoms with Crippen molar-refractivity contribution in [3.63, 3.8) is 0 Å². The molecule has 0 radical (unpaired) electrons. The fraction of sp³-hybridized carbons (Fsp3) is 0.364. The average Bonchev–Trinajstić information content (AvgIpc) is 2.73. The number of carbonyl (C=O) groups is 1. The van der Waals surface area contributed by atoms with E-state index in [2.05, 4.69) is 5.32 Å². The highest BCUT2D eigenvalue weighted by atomic mass is 32.2. The molecule has 1 aliphatic heterocycles. The maximum atomic E-state index is 11.0. The lowest BCUT2D eigenvalue weighted by Gasteiger charge is -2.15. The van der Waals surface area contributed by atoms with Gasteiger partial charge in [0.1, 0.15) is 0 Å². The third-order valence-electron chi connectivity index (χ3n) is 2.56. The van der Waals surface area contributed by atoms with E-state index in [1.165, 1.54) is 6.07 Å². The highest BCUT2D eigenvalue weighted by Crippen LogP contribution is 2.25. The van der Waals surface area contributed by atoms with Gasteiger partial charge in [0.25, 0.3) is 0 Å². The maximum absolute atomic E-state index is 11.0. The summed E-state index contributed by atoms with van der Waals surface area (Å²) in [4.78, 5) is 11.0. The van der Waals surface area contributed by atoms with Gasteiger partial charge in [0.2, 0.25) is 0 Å². The highest BCUT2D eigenvalue weighted by Gasteiger charge is 2.18. The van der Waals surface area contributed by atoms with Gasteiger partial charge in [-0.25, -0.2) is 4.79 Å². The molecule has 4 N–H and O–H groups in total. The first kappa shape index (κ1) is 11.1. The van der Waals surface area contributed by atoms with Crippen molar-refractivity contribution in [2.75, 3.05) is 22.6 Å². The van der Waals surface area contributed by atoms with Crippen molar-refractivity contribution in [1.82, 2.24) is 0 Å². The number of aromatic carboxylic acids is 1. The zero-order valence-electron chi connectivity index (χ0n) is 8.77. The second kappa shape index (κ2) is 4.65. The monoisotopic (exact) mass is 238 g/mol. The van der Waals surface area contributed by atoms with Crippen LogP contribution in [0.15, 0.2) is 18.2 Å². The second-order valence-corrected chi connectivity index (χ2v) is 4.96. The van der Waals surface area contributed by atoms with Crippen molar-refractivity contribution >= 4 is 29.1 Å². The lowest BCUT2D eigenvalue weighted by atomic mass is 10.1. The largest absolute Gasteiger partial charge is 0.478 e. The van der Waals surface area contributed by atoms with E-state index in [9.17, 15) is 4.79 Å². The van der Waals surface area contributed by atoms with Gasteiger partial charge in [-0.05, 0) is 30.4 Å². The Morgan fingerprint density at radius 3 is 3.00 bits per heavy atom. The summed E-state index contributed by atoms with van der Waals surface area (Å²) in [6.07, 6.45) is 1.08. The van der Waals surface area contributed by atoms with Gasteiger partial charge in [-0.3, -0.25) is 0 Å². The number of nitrogen functional groups attached to an aromatic ring is 1. The molecule has 16 heavy (non-hydrogen) atoms. The van der Waals surface area contributed by atoms with Crippen molar-refractivity contribution in [2.24, 2.45) is 0 Å². The molecule has 0 bridgehead atoms. The molecule has 1 atom stereocenters. The topological polar surface area (TPSA) is 75.3 Å². The van der Waals surface area contributed by atoms with E-state index in [-0.39, 0.29) is 5.56 Å². The van der Waals surface area contributed by atoms with E-state index in [1.54, 1.807) is 12.1 Å². The number of anilines is 2. The van der Waals surface area contributed by atoms with Crippen molar-refractivity contribution in [1.29, 1.82) is 0 Å². The molecule has 1 aromatic carbocycles. The molecular formula is C11H14N2O2S. The molecule has 2 rings (SSSR count). The third kappa shape index (κ3) is 2.41. The molecular weight excluding hydrogens is 224 g/mol. The summed E-state index contributed by atoms with van der Waals surface area (Å²) in [6, 6.07) is 5.32. The molecule has 0 aliphatic carbocycles. The molecule has 1 aliphatic rings. The number of benzene rings is 1. The Balaban J connectivity index is 2.21. The van der Waals surface area contributed by atoms with Gasteiger partial charge in [0, 0.05) is 23.2 Å². The maximum Gasteiger partial charge on any atom is 0.337 e. The van der Waals surface area contributed by atoms with Crippen LogP contribution in [0.25, 0.3) is 0 Å². The lowest BCUT2D eigenvalue weighted by Crippen LogP contribution is -2.20. The van der Waals surface area contributed by atoms with Gasteiger partial charge in [-0.15, -0.1) is 0 Å². The Morgan fingerprint density at radius 1 is 1.56 bits per heavy atom. The van der Waals surface area contributed by atoms with Crippen LogP contribution in [0.5, 0.6) is 0 Å². The normalized spacial score (nSPS) is 19.6. The summed E-state index contributed by atoms with van der Waals surface area (Å²) in [5.74, 6) is 1.22. The van der Waals surface area contributed by atoms with Gasteiger partial charge in [0.15, 0.2) is 0 Å². The van der Waals surface area contributed by atoms with Crippen LogP contribution in [0, 0.1) is 0 Å². The summed E-state index contributed by atoms with van der Waals surface area (Å²) < 4.78 is 0. The summed E-state index contributed by atoms with van der Waals surface area (Å²) >= 11 is 1.88. The van der Waals surface area contributed by atoms with Crippen LogP contribution in [0.4, 0.5) is 11.4 Å². The molecule has 1 unspecified atom stereocenters. The van der Waals surface area contributed by atoms with Crippen LogP contribution >= 0.6 is 11.8 Å². The first-order valence-electron chi connectivity index (χ1n) is 5.14. The zero-order chi connectivity index (χ0) is 11.5. The molecule has 0 spiro atoms.